The second-order valence-corrected chi connectivity index (χ2v) is 10.5. The first-order valence-corrected chi connectivity index (χ1v) is 10.5. The minimum atomic E-state index is -0.0466. The Labute approximate surface area is 157 Å². The summed E-state index contributed by atoms with van der Waals surface area (Å²) in [5.74, 6) is 2.85. The fourth-order valence-corrected chi connectivity index (χ4v) is 6.86. The lowest BCUT2D eigenvalue weighted by Crippen LogP contribution is -2.50. The quantitative estimate of drug-likeness (QED) is 0.757. The topological polar surface area (TPSA) is 29.1 Å². The summed E-state index contributed by atoms with van der Waals surface area (Å²) in [5.41, 5.74) is 4.87. The molecular formula is C24H31NO. The Kier molecular flexibility index (Phi) is 3.49. The van der Waals surface area contributed by atoms with E-state index in [0.29, 0.717) is 5.78 Å². The average Bonchev–Trinajstić information content (AvgIpc) is 2.53. The molecule has 0 saturated heterocycles. The molecule has 1 aromatic carbocycles. The Morgan fingerprint density at radius 3 is 2.31 bits per heavy atom. The van der Waals surface area contributed by atoms with Crippen LogP contribution in [0.25, 0.3) is 5.70 Å². The molecule has 2 heteroatoms. The standard InChI is InChI=1S/C24H31NO/c1-15-4-5-19-14-23(2,3)25-21(20(19)6-15)10-22(26)24-11-16-7-17(12-24)9-18(8-16)13-24/h4-6,10,16-18,25H,7-9,11-14H2,1-3H3. The van der Waals surface area contributed by atoms with E-state index < -0.39 is 0 Å². The fraction of sp³-hybridized carbons (Fsp3) is 0.625. The molecule has 1 heterocycles. The molecule has 5 aliphatic rings. The van der Waals surface area contributed by atoms with Gasteiger partial charge in [-0.1, -0.05) is 17.7 Å². The highest BCUT2D eigenvalue weighted by atomic mass is 16.1. The molecule has 4 saturated carbocycles. The lowest BCUT2D eigenvalue weighted by atomic mass is 9.48. The zero-order valence-corrected chi connectivity index (χ0v) is 16.4. The molecule has 0 aromatic heterocycles. The van der Waals surface area contributed by atoms with Crippen molar-refractivity contribution in [1.82, 2.24) is 5.32 Å². The van der Waals surface area contributed by atoms with Crippen molar-refractivity contribution < 1.29 is 4.79 Å². The van der Waals surface area contributed by atoms with Gasteiger partial charge in [0.05, 0.1) is 0 Å². The third-order valence-corrected chi connectivity index (χ3v) is 7.50. The van der Waals surface area contributed by atoms with Crippen molar-refractivity contribution in [3.63, 3.8) is 0 Å². The van der Waals surface area contributed by atoms with Crippen LogP contribution in [0.5, 0.6) is 0 Å². The second kappa shape index (κ2) is 5.47. The van der Waals surface area contributed by atoms with Crippen molar-refractivity contribution in [3.8, 4) is 0 Å². The van der Waals surface area contributed by atoms with E-state index in [9.17, 15) is 4.79 Å². The lowest BCUT2D eigenvalue weighted by molar-refractivity contribution is -0.138. The maximum atomic E-state index is 13.6. The molecule has 0 radical (unpaired) electrons. The third kappa shape index (κ3) is 2.64. The van der Waals surface area contributed by atoms with Gasteiger partial charge in [-0.25, -0.2) is 0 Å². The van der Waals surface area contributed by atoms with Gasteiger partial charge in [0.1, 0.15) is 0 Å². The lowest BCUT2D eigenvalue weighted by Gasteiger charge is -2.55. The van der Waals surface area contributed by atoms with Crippen LogP contribution in [0.15, 0.2) is 24.3 Å². The van der Waals surface area contributed by atoms with E-state index in [1.165, 1.54) is 36.0 Å². The summed E-state index contributed by atoms with van der Waals surface area (Å²) in [7, 11) is 0. The molecule has 4 bridgehead atoms. The van der Waals surface area contributed by atoms with Gasteiger partial charge in [0.25, 0.3) is 0 Å². The molecule has 2 nitrogen and oxygen atoms in total. The van der Waals surface area contributed by atoms with E-state index in [4.69, 9.17) is 0 Å². The van der Waals surface area contributed by atoms with Gasteiger partial charge in [-0.3, -0.25) is 4.79 Å². The van der Waals surface area contributed by atoms with Gasteiger partial charge >= 0.3 is 0 Å². The number of rotatable bonds is 2. The normalized spacial score (nSPS) is 38.1. The minimum Gasteiger partial charge on any atom is -0.379 e. The summed E-state index contributed by atoms with van der Waals surface area (Å²) in [4.78, 5) is 13.6. The maximum absolute atomic E-state index is 13.6. The molecule has 0 amide bonds. The molecular weight excluding hydrogens is 318 g/mol. The van der Waals surface area contributed by atoms with Crippen molar-refractivity contribution in [1.29, 1.82) is 0 Å². The molecule has 1 aromatic rings. The zero-order valence-electron chi connectivity index (χ0n) is 16.4. The molecule has 0 unspecified atom stereocenters. The third-order valence-electron chi connectivity index (χ3n) is 7.50. The summed E-state index contributed by atoms with van der Waals surface area (Å²) in [6.07, 6.45) is 10.6. The molecule has 138 valence electrons. The van der Waals surface area contributed by atoms with Gasteiger partial charge in [0.15, 0.2) is 5.78 Å². The van der Waals surface area contributed by atoms with Gasteiger partial charge in [0, 0.05) is 28.3 Å². The Morgan fingerprint density at radius 2 is 1.69 bits per heavy atom. The van der Waals surface area contributed by atoms with Crippen molar-refractivity contribution >= 4 is 11.5 Å². The molecule has 0 spiro atoms. The van der Waals surface area contributed by atoms with Crippen LogP contribution in [0, 0.1) is 30.1 Å². The molecule has 6 rings (SSSR count). The van der Waals surface area contributed by atoms with E-state index >= 15 is 0 Å². The van der Waals surface area contributed by atoms with Gasteiger partial charge in [-0.05, 0) is 95.1 Å². The first-order valence-electron chi connectivity index (χ1n) is 10.5. The molecule has 4 fully saturated rings. The van der Waals surface area contributed by atoms with E-state index in [2.05, 4.69) is 44.3 Å². The van der Waals surface area contributed by atoms with Crippen LogP contribution >= 0.6 is 0 Å². The Hall–Kier alpha value is -1.57. The van der Waals surface area contributed by atoms with Gasteiger partial charge in [-0.15, -0.1) is 0 Å². The van der Waals surface area contributed by atoms with Crippen molar-refractivity contribution in [2.45, 2.75) is 71.3 Å². The molecule has 26 heavy (non-hydrogen) atoms. The summed E-state index contributed by atoms with van der Waals surface area (Å²) in [5, 5.41) is 3.68. The van der Waals surface area contributed by atoms with Crippen molar-refractivity contribution in [2.75, 3.05) is 0 Å². The Bertz CT molecular complexity index is 765. The van der Waals surface area contributed by atoms with E-state index in [1.54, 1.807) is 0 Å². The fourth-order valence-electron chi connectivity index (χ4n) is 6.86. The van der Waals surface area contributed by atoms with Crippen LogP contribution in [0.1, 0.15) is 69.1 Å². The highest BCUT2D eigenvalue weighted by Crippen LogP contribution is 2.60. The number of carbonyl (C=O) groups is 1. The average molecular weight is 350 g/mol. The highest BCUT2D eigenvalue weighted by molar-refractivity contribution is 6.01. The number of benzene rings is 1. The van der Waals surface area contributed by atoms with Gasteiger partial charge < -0.3 is 5.32 Å². The van der Waals surface area contributed by atoms with Crippen LogP contribution in [-0.4, -0.2) is 11.3 Å². The Morgan fingerprint density at radius 1 is 1.08 bits per heavy atom. The predicted molar refractivity (Wildman–Crippen MR) is 106 cm³/mol. The summed E-state index contributed by atoms with van der Waals surface area (Å²) in [6, 6.07) is 6.69. The zero-order chi connectivity index (χ0) is 18.1. The van der Waals surface area contributed by atoms with Gasteiger partial charge in [-0.2, -0.15) is 0 Å². The van der Waals surface area contributed by atoms with Crippen LogP contribution in [0.3, 0.4) is 0 Å². The van der Waals surface area contributed by atoms with Crippen LogP contribution in [0.2, 0.25) is 0 Å². The van der Waals surface area contributed by atoms with E-state index in [-0.39, 0.29) is 11.0 Å². The SMILES string of the molecule is Cc1ccc2c(c1)C(=CC(=O)C13CC4CC(CC(C4)C1)C3)NC(C)(C)C2. The summed E-state index contributed by atoms with van der Waals surface area (Å²) in [6.45, 7) is 6.61. The Balaban J connectivity index is 1.52. The molecule has 1 N–H and O–H groups in total. The largest absolute Gasteiger partial charge is 0.379 e. The smallest absolute Gasteiger partial charge is 0.163 e. The summed E-state index contributed by atoms with van der Waals surface area (Å²) >= 11 is 0. The van der Waals surface area contributed by atoms with Crippen LogP contribution in [0.4, 0.5) is 0 Å². The van der Waals surface area contributed by atoms with E-state index in [0.717, 1.165) is 49.1 Å². The highest BCUT2D eigenvalue weighted by Gasteiger charge is 2.53. The molecule has 0 atom stereocenters. The molecule has 1 aliphatic heterocycles. The van der Waals surface area contributed by atoms with E-state index in [1.807, 2.05) is 6.08 Å². The number of fused-ring (bicyclic) bond motifs is 1. The predicted octanol–water partition coefficient (Wildman–Crippen LogP) is 5.05. The first-order chi connectivity index (χ1) is 12.3. The molecule has 4 aliphatic carbocycles. The number of nitrogens with one attached hydrogen (secondary N) is 1. The number of aryl methyl sites for hydroxylation is 1. The number of hydrogen-bond acceptors (Lipinski definition) is 2. The van der Waals surface area contributed by atoms with Crippen LogP contribution < -0.4 is 5.32 Å². The van der Waals surface area contributed by atoms with Crippen molar-refractivity contribution in [3.05, 3.63) is 41.0 Å². The van der Waals surface area contributed by atoms with Crippen LogP contribution in [-0.2, 0) is 11.2 Å². The van der Waals surface area contributed by atoms with Crippen molar-refractivity contribution in [2.24, 2.45) is 23.2 Å². The number of carbonyl (C=O) groups excluding carboxylic acids is 1. The van der Waals surface area contributed by atoms with Gasteiger partial charge in [0.2, 0.25) is 0 Å². The number of ketones is 1. The second-order valence-electron chi connectivity index (χ2n) is 10.5. The first kappa shape index (κ1) is 16.6. The maximum Gasteiger partial charge on any atom is 0.163 e. The number of hydrogen-bond donors (Lipinski definition) is 1. The monoisotopic (exact) mass is 349 g/mol. The summed E-state index contributed by atoms with van der Waals surface area (Å²) < 4.78 is 0. The number of allylic oxidation sites excluding steroid dienone is 1. The minimum absolute atomic E-state index is 0.00412.